The van der Waals surface area contributed by atoms with Gasteiger partial charge in [0.15, 0.2) is 0 Å². The van der Waals surface area contributed by atoms with Gasteiger partial charge in [-0.05, 0) is 24.4 Å². The van der Waals surface area contributed by atoms with Crippen LogP contribution in [-0.2, 0) is 0 Å². The standard InChI is InChI=1S/C9H14ClN3/c10-9-11-6-7-13(9)12-8-4-2-1-3-5-8/h6-8,12H,1-5H2. The molecule has 0 amide bonds. The minimum absolute atomic E-state index is 0.519. The molecule has 1 aromatic rings. The van der Waals surface area contributed by atoms with Crippen LogP contribution in [0.5, 0.6) is 0 Å². The second kappa shape index (κ2) is 4.01. The molecule has 1 N–H and O–H groups in total. The van der Waals surface area contributed by atoms with Crippen molar-refractivity contribution in [2.24, 2.45) is 0 Å². The molecule has 1 heterocycles. The van der Waals surface area contributed by atoms with Crippen molar-refractivity contribution in [3.05, 3.63) is 17.7 Å². The fourth-order valence-electron chi connectivity index (χ4n) is 1.81. The van der Waals surface area contributed by atoms with Crippen molar-refractivity contribution in [2.75, 3.05) is 5.43 Å². The third-order valence-electron chi connectivity index (χ3n) is 2.52. The lowest BCUT2D eigenvalue weighted by Gasteiger charge is -2.24. The highest BCUT2D eigenvalue weighted by Gasteiger charge is 2.13. The topological polar surface area (TPSA) is 29.9 Å². The maximum atomic E-state index is 5.85. The summed E-state index contributed by atoms with van der Waals surface area (Å²) in [5.74, 6) is 0. The van der Waals surface area contributed by atoms with Gasteiger partial charge in [0.2, 0.25) is 5.28 Å². The van der Waals surface area contributed by atoms with Crippen molar-refractivity contribution in [1.29, 1.82) is 0 Å². The van der Waals surface area contributed by atoms with E-state index in [9.17, 15) is 0 Å². The van der Waals surface area contributed by atoms with Crippen molar-refractivity contribution < 1.29 is 0 Å². The average Bonchev–Trinajstić information content (AvgIpc) is 2.54. The van der Waals surface area contributed by atoms with Crippen LogP contribution in [-0.4, -0.2) is 15.7 Å². The normalized spacial score (nSPS) is 18.8. The van der Waals surface area contributed by atoms with E-state index in [1.54, 1.807) is 10.9 Å². The van der Waals surface area contributed by atoms with Crippen LogP contribution in [0.1, 0.15) is 32.1 Å². The lowest BCUT2D eigenvalue weighted by molar-refractivity contribution is 0.438. The Morgan fingerprint density at radius 1 is 1.38 bits per heavy atom. The molecule has 13 heavy (non-hydrogen) atoms. The number of imidazole rings is 1. The summed E-state index contributed by atoms with van der Waals surface area (Å²) in [5, 5.41) is 0.519. The molecule has 4 heteroatoms. The molecule has 0 bridgehead atoms. The van der Waals surface area contributed by atoms with E-state index in [-0.39, 0.29) is 0 Å². The van der Waals surface area contributed by atoms with E-state index >= 15 is 0 Å². The van der Waals surface area contributed by atoms with Gasteiger partial charge in [0.25, 0.3) is 0 Å². The number of hydrogen-bond donors (Lipinski definition) is 1. The van der Waals surface area contributed by atoms with E-state index < -0.39 is 0 Å². The average molecular weight is 200 g/mol. The van der Waals surface area contributed by atoms with Gasteiger partial charge in [-0.3, -0.25) is 0 Å². The molecule has 1 aliphatic carbocycles. The van der Waals surface area contributed by atoms with Crippen LogP contribution in [0.2, 0.25) is 5.28 Å². The Morgan fingerprint density at radius 3 is 2.77 bits per heavy atom. The fraction of sp³-hybridized carbons (Fsp3) is 0.667. The largest absolute Gasteiger partial charge is 0.321 e. The molecular formula is C9H14ClN3. The van der Waals surface area contributed by atoms with Crippen molar-refractivity contribution in [2.45, 2.75) is 38.1 Å². The van der Waals surface area contributed by atoms with E-state index in [1.807, 2.05) is 6.20 Å². The zero-order valence-electron chi connectivity index (χ0n) is 7.54. The molecule has 0 spiro atoms. The summed E-state index contributed by atoms with van der Waals surface area (Å²) in [6.07, 6.45) is 10.1. The Bertz CT molecular complexity index is 266. The summed E-state index contributed by atoms with van der Waals surface area (Å²) in [6.45, 7) is 0. The Kier molecular flexibility index (Phi) is 2.74. The van der Waals surface area contributed by atoms with Crippen LogP contribution in [0.25, 0.3) is 0 Å². The Labute approximate surface area is 83.1 Å². The number of aromatic nitrogens is 2. The number of nitrogens with zero attached hydrogens (tertiary/aromatic N) is 2. The maximum absolute atomic E-state index is 5.85. The van der Waals surface area contributed by atoms with Crippen LogP contribution >= 0.6 is 11.6 Å². The molecule has 0 aromatic carbocycles. The van der Waals surface area contributed by atoms with Crippen molar-refractivity contribution in [3.8, 4) is 0 Å². The predicted octanol–water partition coefficient (Wildman–Crippen LogP) is 2.41. The molecule has 0 atom stereocenters. The van der Waals surface area contributed by atoms with Gasteiger partial charge < -0.3 is 5.43 Å². The summed E-state index contributed by atoms with van der Waals surface area (Å²) >= 11 is 5.85. The third-order valence-corrected chi connectivity index (χ3v) is 2.80. The minimum atomic E-state index is 0.519. The molecule has 1 saturated carbocycles. The summed E-state index contributed by atoms with van der Waals surface area (Å²) in [7, 11) is 0. The summed E-state index contributed by atoms with van der Waals surface area (Å²) in [4.78, 5) is 3.95. The zero-order valence-corrected chi connectivity index (χ0v) is 8.30. The maximum Gasteiger partial charge on any atom is 0.221 e. The number of rotatable bonds is 2. The van der Waals surface area contributed by atoms with Crippen molar-refractivity contribution >= 4 is 11.6 Å². The molecule has 1 fully saturated rings. The molecule has 0 radical (unpaired) electrons. The summed E-state index contributed by atoms with van der Waals surface area (Å²) < 4.78 is 1.80. The SMILES string of the molecule is Clc1nccn1NC1CCCCC1. The summed E-state index contributed by atoms with van der Waals surface area (Å²) in [5.41, 5.74) is 3.35. The molecule has 72 valence electrons. The Morgan fingerprint density at radius 2 is 2.15 bits per heavy atom. The zero-order chi connectivity index (χ0) is 9.10. The van der Waals surface area contributed by atoms with E-state index in [1.165, 1.54) is 32.1 Å². The third kappa shape index (κ3) is 2.15. The van der Waals surface area contributed by atoms with E-state index in [4.69, 9.17) is 11.6 Å². The highest BCUT2D eigenvalue weighted by molar-refractivity contribution is 6.28. The second-order valence-corrected chi connectivity index (χ2v) is 3.87. The second-order valence-electron chi connectivity index (χ2n) is 3.53. The molecule has 3 nitrogen and oxygen atoms in total. The van der Waals surface area contributed by atoms with Gasteiger partial charge in [0.05, 0.1) is 0 Å². The molecule has 1 aromatic heterocycles. The lowest BCUT2D eigenvalue weighted by Crippen LogP contribution is -2.29. The Hall–Kier alpha value is -0.700. The van der Waals surface area contributed by atoms with E-state index in [0.717, 1.165) is 0 Å². The molecule has 2 rings (SSSR count). The van der Waals surface area contributed by atoms with Gasteiger partial charge in [0.1, 0.15) is 0 Å². The molecule has 0 unspecified atom stereocenters. The van der Waals surface area contributed by atoms with Crippen LogP contribution < -0.4 is 5.43 Å². The minimum Gasteiger partial charge on any atom is -0.321 e. The van der Waals surface area contributed by atoms with Crippen LogP contribution in [0.4, 0.5) is 0 Å². The van der Waals surface area contributed by atoms with E-state index in [2.05, 4.69) is 10.4 Å². The van der Waals surface area contributed by atoms with Crippen LogP contribution in [0.3, 0.4) is 0 Å². The lowest BCUT2D eigenvalue weighted by atomic mass is 9.96. The number of nitrogens with one attached hydrogen (secondary N) is 1. The first-order valence-corrected chi connectivity index (χ1v) is 5.19. The summed E-state index contributed by atoms with van der Waals surface area (Å²) in [6, 6.07) is 0.570. The van der Waals surface area contributed by atoms with Gasteiger partial charge in [-0.25, -0.2) is 9.66 Å². The number of halogens is 1. The quantitative estimate of drug-likeness (QED) is 0.793. The first-order chi connectivity index (χ1) is 6.36. The predicted molar refractivity (Wildman–Crippen MR) is 53.5 cm³/mol. The van der Waals surface area contributed by atoms with Gasteiger partial charge in [-0.1, -0.05) is 19.3 Å². The molecule has 0 aliphatic heterocycles. The van der Waals surface area contributed by atoms with Crippen LogP contribution in [0.15, 0.2) is 12.4 Å². The van der Waals surface area contributed by atoms with Gasteiger partial charge in [-0.2, -0.15) is 0 Å². The first kappa shape index (κ1) is 8.88. The Balaban J connectivity index is 1.93. The molecule has 1 aliphatic rings. The molecular weight excluding hydrogens is 186 g/mol. The fourth-order valence-corrected chi connectivity index (χ4v) is 1.97. The molecule has 0 saturated heterocycles. The van der Waals surface area contributed by atoms with Crippen LogP contribution in [0, 0.1) is 0 Å². The van der Waals surface area contributed by atoms with Gasteiger partial charge in [0, 0.05) is 18.4 Å². The van der Waals surface area contributed by atoms with Gasteiger partial charge in [-0.15, -0.1) is 0 Å². The highest BCUT2D eigenvalue weighted by Crippen LogP contribution is 2.18. The van der Waals surface area contributed by atoms with Gasteiger partial charge >= 0.3 is 0 Å². The first-order valence-electron chi connectivity index (χ1n) is 4.81. The van der Waals surface area contributed by atoms with Crippen molar-refractivity contribution in [3.63, 3.8) is 0 Å². The van der Waals surface area contributed by atoms with Crippen molar-refractivity contribution in [1.82, 2.24) is 9.66 Å². The van der Waals surface area contributed by atoms with E-state index in [0.29, 0.717) is 11.3 Å². The number of hydrogen-bond acceptors (Lipinski definition) is 2. The monoisotopic (exact) mass is 199 g/mol. The smallest absolute Gasteiger partial charge is 0.221 e. The highest BCUT2D eigenvalue weighted by atomic mass is 35.5.